The number of anilines is 1. The minimum Gasteiger partial charge on any atom is -0.387 e. The van der Waals surface area contributed by atoms with Crippen LogP contribution in [0.4, 0.5) is 5.95 Å². The highest BCUT2D eigenvalue weighted by Gasteiger charge is 2.17. The molecule has 1 aromatic carbocycles. The molecule has 3 aromatic rings. The minimum atomic E-state index is -0.710. The maximum atomic E-state index is 12.3. The fourth-order valence-corrected chi connectivity index (χ4v) is 2.66. The van der Waals surface area contributed by atoms with Crippen LogP contribution in [0.3, 0.4) is 0 Å². The Balaban J connectivity index is 1.95. The molecule has 0 saturated carbocycles. The van der Waals surface area contributed by atoms with Crippen LogP contribution in [0.25, 0.3) is 11.2 Å². The molecular formula is C16H19N5O3. The summed E-state index contributed by atoms with van der Waals surface area (Å²) in [6, 6.07) is 9.26. The summed E-state index contributed by atoms with van der Waals surface area (Å²) in [5.74, 6) is 0.415. The lowest BCUT2D eigenvalue weighted by Crippen LogP contribution is -2.37. The molecule has 0 aliphatic rings. The Morgan fingerprint density at radius 2 is 1.75 bits per heavy atom. The Hall–Kier alpha value is -2.87. The number of rotatable bonds is 4. The lowest BCUT2D eigenvalue weighted by atomic mass is 10.1. The van der Waals surface area contributed by atoms with Crippen molar-refractivity contribution in [1.29, 1.82) is 0 Å². The molecule has 0 saturated heterocycles. The second-order valence-corrected chi connectivity index (χ2v) is 5.68. The zero-order valence-corrected chi connectivity index (χ0v) is 13.7. The molecule has 8 nitrogen and oxygen atoms in total. The SMILES string of the molecule is Cn1c(=O)c2c(nc(NC[C@@H](O)c3ccccc3)n2C)n(C)c1=O. The van der Waals surface area contributed by atoms with Crippen LogP contribution in [0, 0.1) is 0 Å². The largest absolute Gasteiger partial charge is 0.387 e. The molecule has 126 valence electrons. The number of aryl methyl sites for hydroxylation is 2. The smallest absolute Gasteiger partial charge is 0.332 e. The van der Waals surface area contributed by atoms with E-state index < -0.39 is 17.4 Å². The van der Waals surface area contributed by atoms with E-state index >= 15 is 0 Å². The molecule has 0 bridgehead atoms. The predicted octanol–water partition coefficient (Wildman–Crippen LogP) is 0.116. The third kappa shape index (κ3) is 2.50. The van der Waals surface area contributed by atoms with Crippen molar-refractivity contribution >= 4 is 17.1 Å². The van der Waals surface area contributed by atoms with Crippen molar-refractivity contribution in [2.45, 2.75) is 6.10 Å². The minimum absolute atomic E-state index is 0.232. The van der Waals surface area contributed by atoms with Gasteiger partial charge < -0.3 is 15.0 Å². The third-order valence-electron chi connectivity index (χ3n) is 4.11. The van der Waals surface area contributed by atoms with Crippen LogP contribution in [0.1, 0.15) is 11.7 Å². The normalized spacial score (nSPS) is 12.5. The van der Waals surface area contributed by atoms with E-state index in [0.717, 1.165) is 10.1 Å². The van der Waals surface area contributed by atoms with Crippen LogP contribution in [-0.2, 0) is 21.1 Å². The Bertz CT molecular complexity index is 1000. The Morgan fingerprint density at radius 1 is 1.08 bits per heavy atom. The highest BCUT2D eigenvalue weighted by Crippen LogP contribution is 2.16. The van der Waals surface area contributed by atoms with E-state index in [1.54, 1.807) is 18.7 Å². The van der Waals surface area contributed by atoms with E-state index in [0.29, 0.717) is 17.1 Å². The van der Waals surface area contributed by atoms with Crippen molar-refractivity contribution in [1.82, 2.24) is 18.7 Å². The van der Waals surface area contributed by atoms with Gasteiger partial charge in [-0.15, -0.1) is 0 Å². The van der Waals surface area contributed by atoms with Crippen molar-refractivity contribution in [2.75, 3.05) is 11.9 Å². The zero-order chi connectivity index (χ0) is 17.4. The maximum absolute atomic E-state index is 12.3. The van der Waals surface area contributed by atoms with Crippen molar-refractivity contribution < 1.29 is 5.11 Å². The first kappa shape index (κ1) is 16.0. The van der Waals surface area contributed by atoms with Crippen molar-refractivity contribution in [3.05, 3.63) is 56.7 Å². The molecule has 2 aromatic heterocycles. The molecule has 0 unspecified atom stereocenters. The van der Waals surface area contributed by atoms with Crippen LogP contribution < -0.4 is 16.6 Å². The Labute approximate surface area is 137 Å². The number of benzene rings is 1. The van der Waals surface area contributed by atoms with E-state index in [-0.39, 0.29) is 6.54 Å². The van der Waals surface area contributed by atoms with Gasteiger partial charge in [-0.05, 0) is 5.56 Å². The fraction of sp³-hybridized carbons (Fsp3) is 0.312. The van der Waals surface area contributed by atoms with E-state index in [1.807, 2.05) is 30.3 Å². The van der Waals surface area contributed by atoms with E-state index in [2.05, 4.69) is 10.3 Å². The average Bonchev–Trinajstić information content (AvgIpc) is 2.93. The molecule has 1 atom stereocenters. The van der Waals surface area contributed by atoms with Gasteiger partial charge >= 0.3 is 5.69 Å². The van der Waals surface area contributed by atoms with Crippen molar-refractivity contribution in [3.8, 4) is 0 Å². The first-order chi connectivity index (χ1) is 11.4. The quantitative estimate of drug-likeness (QED) is 0.709. The molecule has 0 radical (unpaired) electrons. The molecule has 24 heavy (non-hydrogen) atoms. The fourth-order valence-electron chi connectivity index (χ4n) is 2.66. The number of hydrogen-bond acceptors (Lipinski definition) is 5. The van der Waals surface area contributed by atoms with Gasteiger partial charge in [0.05, 0.1) is 6.10 Å². The molecule has 0 amide bonds. The maximum Gasteiger partial charge on any atom is 0.332 e. The molecule has 8 heteroatoms. The lowest BCUT2D eigenvalue weighted by molar-refractivity contribution is 0.191. The van der Waals surface area contributed by atoms with Crippen molar-refractivity contribution in [3.63, 3.8) is 0 Å². The summed E-state index contributed by atoms with van der Waals surface area (Å²) in [5.41, 5.74) is 0.590. The third-order valence-corrected chi connectivity index (χ3v) is 4.11. The van der Waals surface area contributed by atoms with Gasteiger partial charge in [-0.25, -0.2) is 4.79 Å². The van der Waals surface area contributed by atoms with Gasteiger partial charge in [0.25, 0.3) is 5.56 Å². The second kappa shape index (κ2) is 5.97. The van der Waals surface area contributed by atoms with Gasteiger partial charge in [-0.1, -0.05) is 30.3 Å². The molecule has 0 aliphatic heterocycles. The lowest BCUT2D eigenvalue weighted by Gasteiger charge is -2.12. The first-order valence-electron chi connectivity index (χ1n) is 7.51. The zero-order valence-electron chi connectivity index (χ0n) is 13.7. The molecule has 3 rings (SSSR count). The van der Waals surface area contributed by atoms with Gasteiger partial charge in [-0.2, -0.15) is 4.98 Å². The van der Waals surface area contributed by atoms with Crippen molar-refractivity contribution in [2.24, 2.45) is 21.1 Å². The molecule has 2 N–H and O–H groups in total. The number of hydrogen-bond donors (Lipinski definition) is 2. The second-order valence-electron chi connectivity index (χ2n) is 5.68. The highest BCUT2D eigenvalue weighted by atomic mass is 16.3. The number of imidazole rings is 1. The predicted molar refractivity (Wildman–Crippen MR) is 91.1 cm³/mol. The van der Waals surface area contributed by atoms with Crippen LogP contribution in [0.2, 0.25) is 0 Å². The van der Waals surface area contributed by atoms with E-state index in [4.69, 9.17) is 0 Å². The number of aliphatic hydroxyl groups excluding tert-OH is 1. The number of fused-ring (bicyclic) bond motifs is 1. The molecule has 2 heterocycles. The summed E-state index contributed by atoms with van der Waals surface area (Å²) < 4.78 is 3.97. The molecule has 0 spiro atoms. The molecular weight excluding hydrogens is 310 g/mol. The number of nitrogens with zero attached hydrogens (tertiary/aromatic N) is 4. The monoisotopic (exact) mass is 329 g/mol. The summed E-state index contributed by atoms with van der Waals surface area (Å²) in [7, 11) is 4.70. The summed E-state index contributed by atoms with van der Waals surface area (Å²) in [4.78, 5) is 28.6. The molecule has 0 aliphatic carbocycles. The van der Waals surface area contributed by atoms with Crippen LogP contribution in [0.5, 0.6) is 0 Å². The summed E-state index contributed by atoms with van der Waals surface area (Å²) in [6.07, 6.45) is -0.710. The summed E-state index contributed by atoms with van der Waals surface area (Å²) in [6.45, 7) is 0.232. The standard InChI is InChI=1S/C16H19N5O3/c1-19-12-13(20(2)16(24)21(3)14(12)23)18-15(19)17-9-11(22)10-7-5-4-6-8-10/h4-8,11,22H,9H2,1-3H3,(H,17,18)/t11-/m1/s1. The highest BCUT2D eigenvalue weighted by molar-refractivity contribution is 5.74. The average molecular weight is 329 g/mol. The topological polar surface area (TPSA) is 94.1 Å². The van der Waals surface area contributed by atoms with Gasteiger partial charge in [0.2, 0.25) is 5.95 Å². The van der Waals surface area contributed by atoms with Crippen LogP contribution in [0.15, 0.2) is 39.9 Å². The van der Waals surface area contributed by atoms with Gasteiger partial charge in [0.1, 0.15) is 0 Å². The van der Waals surface area contributed by atoms with E-state index in [1.165, 1.54) is 11.6 Å². The summed E-state index contributed by atoms with van der Waals surface area (Å²) in [5, 5.41) is 13.3. The van der Waals surface area contributed by atoms with Gasteiger partial charge in [0, 0.05) is 27.7 Å². The van der Waals surface area contributed by atoms with Crippen LogP contribution in [-0.4, -0.2) is 30.3 Å². The number of aliphatic hydroxyl groups is 1. The van der Waals surface area contributed by atoms with Gasteiger partial charge in [-0.3, -0.25) is 13.9 Å². The van der Waals surface area contributed by atoms with Crippen LogP contribution >= 0.6 is 0 Å². The Morgan fingerprint density at radius 3 is 2.42 bits per heavy atom. The first-order valence-corrected chi connectivity index (χ1v) is 7.51. The van der Waals surface area contributed by atoms with E-state index in [9.17, 15) is 14.7 Å². The van der Waals surface area contributed by atoms with Gasteiger partial charge in [0.15, 0.2) is 11.2 Å². The Kier molecular flexibility index (Phi) is 3.98. The molecule has 0 fully saturated rings. The number of nitrogens with one attached hydrogen (secondary N) is 1. The summed E-state index contributed by atoms with van der Waals surface area (Å²) >= 11 is 0. The number of aromatic nitrogens is 4.